The molecule has 2 aromatic heterocycles. The van der Waals surface area contributed by atoms with Gasteiger partial charge in [0.05, 0.1) is 36.0 Å². The molecule has 0 radical (unpaired) electrons. The summed E-state index contributed by atoms with van der Waals surface area (Å²) in [6, 6.07) is 16.0. The standard InChI is InChI=1S/C23H18FNO4/c1-3-29-23(27)18-13-21(22(26)14-4-7-16(24)8-5-14)25-19-11-9-17(28-2)12-15(19)6-10-20(18)25/h4-13H,3H2,1-2H3. The number of aromatic nitrogens is 1. The molecular formula is C23H18FNO4. The molecule has 0 aliphatic heterocycles. The minimum absolute atomic E-state index is 0.224. The summed E-state index contributed by atoms with van der Waals surface area (Å²) in [6.45, 7) is 1.95. The van der Waals surface area contributed by atoms with E-state index in [0.717, 1.165) is 10.9 Å². The lowest BCUT2D eigenvalue weighted by atomic mass is 10.1. The van der Waals surface area contributed by atoms with Crippen LogP contribution < -0.4 is 4.74 Å². The van der Waals surface area contributed by atoms with Crippen LogP contribution in [0.2, 0.25) is 0 Å². The summed E-state index contributed by atoms with van der Waals surface area (Å²) in [6.07, 6.45) is 0. The molecular weight excluding hydrogens is 373 g/mol. The van der Waals surface area contributed by atoms with E-state index in [4.69, 9.17) is 9.47 Å². The minimum atomic E-state index is -0.504. The number of hydrogen-bond donors (Lipinski definition) is 0. The SMILES string of the molecule is CCOC(=O)c1cc(C(=O)c2ccc(F)cc2)n2c1ccc1cc(OC)ccc12. The second-order valence-electron chi connectivity index (χ2n) is 6.48. The maximum Gasteiger partial charge on any atom is 0.340 e. The number of hydrogen-bond acceptors (Lipinski definition) is 4. The average molecular weight is 391 g/mol. The van der Waals surface area contributed by atoms with E-state index in [1.807, 2.05) is 18.2 Å². The van der Waals surface area contributed by atoms with Crippen molar-refractivity contribution in [3.05, 3.63) is 83.3 Å². The first kappa shape index (κ1) is 18.7. The highest BCUT2D eigenvalue weighted by Gasteiger charge is 2.22. The molecule has 4 aromatic rings. The molecule has 0 amide bonds. The number of ketones is 1. The Morgan fingerprint density at radius 1 is 0.966 bits per heavy atom. The Balaban J connectivity index is 2.00. The zero-order valence-corrected chi connectivity index (χ0v) is 15.9. The van der Waals surface area contributed by atoms with E-state index in [0.29, 0.717) is 28.1 Å². The summed E-state index contributed by atoms with van der Waals surface area (Å²) < 4.78 is 25.5. The van der Waals surface area contributed by atoms with Gasteiger partial charge in [-0.2, -0.15) is 0 Å². The molecule has 2 heterocycles. The maximum absolute atomic E-state index is 13.3. The lowest BCUT2D eigenvalue weighted by Crippen LogP contribution is -2.06. The monoisotopic (exact) mass is 391 g/mol. The second kappa shape index (κ2) is 7.39. The van der Waals surface area contributed by atoms with Crippen LogP contribution >= 0.6 is 0 Å². The van der Waals surface area contributed by atoms with Gasteiger partial charge in [-0.05, 0) is 61.5 Å². The molecule has 0 aliphatic carbocycles. The first-order valence-corrected chi connectivity index (χ1v) is 9.13. The number of ether oxygens (including phenoxy) is 2. The van der Waals surface area contributed by atoms with Crippen LogP contribution in [0, 0.1) is 5.82 Å². The van der Waals surface area contributed by atoms with E-state index in [1.54, 1.807) is 30.6 Å². The van der Waals surface area contributed by atoms with Crippen molar-refractivity contribution in [1.29, 1.82) is 0 Å². The van der Waals surface area contributed by atoms with Crippen LogP contribution in [0.4, 0.5) is 4.39 Å². The van der Waals surface area contributed by atoms with Gasteiger partial charge in [0.25, 0.3) is 0 Å². The predicted molar refractivity (Wildman–Crippen MR) is 107 cm³/mol. The minimum Gasteiger partial charge on any atom is -0.497 e. The molecule has 0 saturated carbocycles. The quantitative estimate of drug-likeness (QED) is 0.367. The molecule has 0 spiro atoms. The molecule has 2 aromatic carbocycles. The maximum atomic E-state index is 13.3. The van der Waals surface area contributed by atoms with Gasteiger partial charge in [-0.3, -0.25) is 4.79 Å². The van der Waals surface area contributed by atoms with Gasteiger partial charge in [-0.25, -0.2) is 9.18 Å². The number of halogens is 1. The normalized spacial score (nSPS) is 11.0. The van der Waals surface area contributed by atoms with Crippen molar-refractivity contribution < 1.29 is 23.5 Å². The number of benzene rings is 2. The molecule has 5 nitrogen and oxygen atoms in total. The first-order chi connectivity index (χ1) is 14.0. The third-order valence-electron chi connectivity index (χ3n) is 4.77. The van der Waals surface area contributed by atoms with E-state index in [9.17, 15) is 14.0 Å². The van der Waals surface area contributed by atoms with Crippen molar-refractivity contribution >= 4 is 28.2 Å². The number of rotatable bonds is 5. The summed E-state index contributed by atoms with van der Waals surface area (Å²) in [5, 5.41) is 0.844. The summed E-state index contributed by atoms with van der Waals surface area (Å²) in [7, 11) is 1.58. The van der Waals surface area contributed by atoms with Gasteiger partial charge in [0.15, 0.2) is 0 Å². The summed E-state index contributed by atoms with van der Waals surface area (Å²) in [4.78, 5) is 25.7. The summed E-state index contributed by atoms with van der Waals surface area (Å²) in [5.41, 5.74) is 2.23. The lowest BCUT2D eigenvalue weighted by Gasteiger charge is -2.09. The van der Waals surface area contributed by atoms with E-state index >= 15 is 0 Å². The Kier molecular flexibility index (Phi) is 4.76. The van der Waals surface area contributed by atoms with Gasteiger partial charge in [0.1, 0.15) is 11.6 Å². The van der Waals surface area contributed by atoms with E-state index in [1.165, 1.54) is 30.3 Å². The summed E-state index contributed by atoms with van der Waals surface area (Å²) >= 11 is 0. The third-order valence-corrected chi connectivity index (χ3v) is 4.77. The predicted octanol–water partition coefficient (Wildman–Crippen LogP) is 4.65. The van der Waals surface area contributed by atoms with Crippen molar-refractivity contribution in [3.8, 4) is 5.75 Å². The Morgan fingerprint density at radius 2 is 1.69 bits per heavy atom. The van der Waals surface area contributed by atoms with Crippen molar-refractivity contribution in [2.75, 3.05) is 13.7 Å². The molecule has 0 fully saturated rings. The van der Waals surface area contributed by atoms with Crippen LogP contribution in [0.5, 0.6) is 5.75 Å². The molecule has 6 heteroatoms. The van der Waals surface area contributed by atoms with Crippen molar-refractivity contribution in [3.63, 3.8) is 0 Å². The molecule has 0 N–H and O–H groups in total. The lowest BCUT2D eigenvalue weighted by molar-refractivity contribution is 0.0529. The van der Waals surface area contributed by atoms with Gasteiger partial charge in [-0.1, -0.05) is 6.07 Å². The number of pyridine rings is 1. The number of methoxy groups -OCH3 is 1. The van der Waals surface area contributed by atoms with Crippen molar-refractivity contribution in [2.24, 2.45) is 0 Å². The van der Waals surface area contributed by atoms with Crippen LogP contribution in [0.25, 0.3) is 16.4 Å². The van der Waals surface area contributed by atoms with E-state index < -0.39 is 11.8 Å². The molecule has 0 saturated heterocycles. The highest BCUT2D eigenvalue weighted by molar-refractivity contribution is 6.12. The Hall–Kier alpha value is -3.67. The van der Waals surface area contributed by atoms with Crippen LogP contribution in [-0.4, -0.2) is 29.9 Å². The molecule has 0 unspecified atom stereocenters. The smallest absolute Gasteiger partial charge is 0.340 e. The van der Waals surface area contributed by atoms with Crippen molar-refractivity contribution in [2.45, 2.75) is 6.92 Å². The van der Waals surface area contributed by atoms with Gasteiger partial charge in [-0.15, -0.1) is 0 Å². The molecule has 4 rings (SSSR count). The Labute approximate surface area is 166 Å². The first-order valence-electron chi connectivity index (χ1n) is 9.13. The fraction of sp³-hybridized carbons (Fsp3) is 0.130. The van der Waals surface area contributed by atoms with E-state index in [2.05, 4.69) is 0 Å². The van der Waals surface area contributed by atoms with Crippen LogP contribution in [0.15, 0.2) is 60.7 Å². The number of carbonyl (C=O) groups is 2. The zero-order chi connectivity index (χ0) is 20.5. The van der Waals surface area contributed by atoms with Crippen molar-refractivity contribution in [1.82, 2.24) is 4.40 Å². The topological polar surface area (TPSA) is 57.0 Å². The zero-order valence-electron chi connectivity index (χ0n) is 15.9. The highest BCUT2D eigenvalue weighted by atomic mass is 19.1. The molecule has 0 aliphatic rings. The summed E-state index contributed by atoms with van der Waals surface area (Å²) in [5.74, 6) is -0.567. The second-order valence-corrected chi connectivity index (χ2v) is 6.48. The Bertz CT molecular complexity index is 1240. The molecule has 0 atom stereocenters. The number of nitrogens with zero attached hydrogens (tertiary/aromatic N) is 1. The highest BCUT2D eigenvalue weighted by Crippen LogP contribution is 2.28. The average Bonchev–Trinajstić information content (AvgIpc) is 3.13. The van der Waals surface area contributed by atoms with Crippen LogP contribution in [0.3, 0.4) is 0 Å². The number of esters is 1. The Morgan fingerprint density at radius 3 is 2.38 bits per heavy atom. The molecule has 146 valence electrons. The number of carbonyl (C=O) groups excluding carboxylic acids is 2. The van der Waals surface area contributed by atoms with Gasteiger partial charge >= 0.3 is 5.97 Å². The fourth-order valence-electron chi connectivity index (χ4n) is 3.40. The van der Waals surface area contributed by atoms with Crippen LogP contribution in [-0.2, 0) is 4.74 Å². The molecule has 0 bridgehead atoms. The van der Waals surface area contributed by atoms with E-state index in [-0.39, 0.29) is 12.4 Å². The van der Waals surface area contributed by atoms with Gasteiger partial charge in [0.2, 0.25) is 5.78 Å². The largest absolute Gasteiger partial charge is 0.497 e. The molecule has 29 heavy (non-hydrogen) atoms. The fourth-order valence-corrected chi connectivity index (χ4v) is 3.40. The number of fused-ring (bicyclic) bond motifs is 3. The third kappa shape index (κ3) is 3.23. The van der Waals surface area contributed by atoms with Gasteiger partial charge < -0.3 is 13.9 Å². The van der Waals surface area contributed by atoms with Crippen LogP contribution in [0.1, 0.15) is 33.3 Å². The van der Waals surface area contributed by atoms with Gasteiger partial charge in [0, 0.05) is 10.9 Å².